The Bertz CT molecular complexity index is 450. The molecule has 1 fully saturated rings. The third-order valence-electron chi connectivity index (χ3n) is 3.38. The number of pyridine rings is 1. The minimum atomic E-state index is -0.134. The van der Waals surface area contributed by atoms with Gasteiger partial charge in [0.25, 0.3) is 0 Å². The maximum Gasteiger partial charge on any atom is 0.146 e. The number of halogens is 1. The summed E-state index contributed by atoms with van der Waals surface area (Å²) in [6, 6.07) is 3.64. The van der Waals surface area contributed by atoms with Crippen molar-refractivity contribution in [2.24, 2.45) is 5.92 Å². The van der Waals surface area contributed by atoms with Crippen molar-refractivity contribution in [3.8, 4) is 6.07 Å². The maximum absolute atomic E-state index is 9.43. The third-order valence-corrected chi connectivity index (χ3v) is 3.77. The van der Waals surface area contributed by atoms with Gasteiger partial charge in [0, 0.05) is 12.7 Å². The van der Waals surface area contributed by atoms with E-state index in [1.165, 1.54) is 0 Å². The van der Waals surface area contributed by atoms with Crippen molar-refractivity contribution < 1.29 is 5.11 Å². The van der Waals surface area contributed by atoms with Crippen LogP contribution in [0.4, 0.5) is 5.82 Å². The van der Waals surface area contributed by atoms with Crippen molar-refractivity contribution in [2.45, 2.75) is 31.8 Å². The molecule has 0 atom stereocenters. The molecule has 1 aromatic rings. The molecule has 0 spiro atoms. The van der Waals surface area contributed by atoms with Gasteiger partial charge < -0.3 is 10.4 Å². The number of anilines is 1. The number of nitriles is 1. The van der Waals surface area contributed by atoms with Gasteiger partial charge in [0.15, 0.2) is 0 Å². The molecule has 0 amide bonds. The summed E-state index contributed by atoms with van der Waals surface area (Å²) in [6.45, 7) is 0.786. The highest BCUT2D eigenvalue weighted by Crippen LogP contribution is 2.26. The number of rotatable bonds is 3. The van der Waals surface area contributed by atoms with Crippen molar-refractivity contribution in [2.75, 3.05) is 11.9 Å². The van der Waals surface area contributed by atoms with E-state index in [-0.39, 0.29) is 6.10 Å². The number of hydrogen-bond donors (Lipinski definition) is 2. The fourth-order valence-electron chi connectivity index (χ4n) is 2.24. The molecule has 0 unspecified atom stereocenters. The predicted molar refractivity (Wildman–Crippen MR) is 70.4 cm³/mol. The first-order valence-electron chi connectivity index (χ1n) is 6.17. The molecule has 1 saturated carbocycles. The molecule has 1 aliphatic carbocycles. The van der Waals surface area contributed by atoms with Crippen LogP contribution >= 0.6 is 11.6 Å². The average molecular weight is 266 g/mol. The van der Waals surface area contributed by atoms with Gasteiger partial charge in [-0.1, -0.05) is 11.6 Å². The van der Waals surface area contributed by atoms with Crippen LogP contribution in [0.15, 0.2) is 12.3 Å². The first-order valence-corrected chi connectivity index (χ1v) is 6.55. The second-order valence-electron chi connectivity index (χ2n) is 4.69. The van der Waals surface area contributed by atoms with Crippen LogP contribution in [0.1, 0.15) is 31.2 Å². The van der Waals surface area contributed by atoms with Crippen molar-refractivity contribution in [3.63, 3.8) is 0 Å². The molecular formula is C13H16ClN3O. The zero-order valence-corrected chi connectivity index (χ0v) is 10.8. The quantitative estimate of drug-likeness (QED) is 0.881. The fraction of sp³-hybridized carbons (Fsp3) is 0.538. The normalized spacial score (nSPS) is 23.4. The first-order chi connectivity index (χ1) is 8.70. The lowest BCUT2D eigenvalue weighted by Crippen LogP contribution is -2.23. The zero-order chi connectivity index (χ0) is 13.0. The lowest BCUT2D eigenvalue weighted by molar-refractivity contribution is 0.111. The Hall–Kier alpha value is -1.31. The smallest absolute Gasteiger partial charge is 0.146 e. The van der Waals surface area contributed by atoms with Gasteiger partial charge in [0.05, 0.1) is 11.7 Å². The van der Waals surface area contributed by atoms with E-state index in [4.69, 9.17) is 16.9 Å². The van der Waals surface area contributed by atoms with Crippen molar-refractivity contribution in [1.29, 1.82) is 5.26 Å². The van der Waals surface area contributed by atoms with Gasteiger partial charge in [-0.05, 0) is 37.7 Å². The van der Waals surface area contributed by atoms with Crippen LogP contribution in [0.2, 0.25) is 5.02 Å². The molecule has 2 N–H and O–H groups in total. The van der Waals surface area contributed by atoms with E-state index in [9.17, 15) is 5.11 Å². The van der Waals surface area contributed by atoms with Gasteiger partial charge in [-0.15, -0.1) is 0 Å². The van der Waals surface area contributed by atoms with Crippen molar-refractivity contribution in [3.05, 3.63) is 22.8 Å². The van der Waals surface area contributed by atoms with E-state index >= 15 is 0 Å². The molecule has 1 aliphatic rings. The van der Waals surface area contributed by atoms with Crippen molar-refractivity contribution in [1.82, 2.24) is 4.98 Å². The number of hydrogen-bond acceptors (Lipinski definition) is 4. The molecular weight excluding hydrogens is 250 g/mol. The number of nitrogens with zero attached hydrogens (tertiary/aromatic N) is 2. The van der Waals surface area contributed by atoms with Crippen LogP contribution < -0.4 is 5.32 Å². The van der Waals surface area contributed by atoms with Gasteiger partial charge >= 0.3 is 0 Å². The van der Waals surface area contributed by atoms with Crippen LogP contribution in [0, 0.1) is 17.2 Å². The Morgan fingerprint density at radius 1 is 1.44 bits per heavy atom. The number of aromatic nitrogens is 1. The SMILES string of the molecule is N#Cc1ccnc(NCC2CCC(O)CC2)c1Cl. The van der Waals surface area contributed by atoms with Crippen LogP contribution in [-0.2, 0) is 0 Å². The highest BCUT2D eigenvalue weighted by Gasteiger charge is 2.19. The van der Waals surface area contributed by atoms with Gasteiger partial charge in [0.2, 0.25) is 0 Å². The Kier molecular flexibility index (Phi) is 4.40. The largest absolute Gasteiger partial charge is 0.393 e. The van der Waals surface area contributed by atoms with Gasteiger partial charge in [0.1, 0.15) is 16.9 Å². The van der Waals surface area contributed by atoms with Crippen LogP contribution in [-0.4, -0.2) is 22.7 Å². The van der Waals surface area contributed by atoms with E-state index in [2.05, 4.69) is 10.3 Å². The molecule has 0 aromatic carbocycles. The second-order valence-corrected chi connectivity index (χ2v) is 5.07. The second kappa shape index (κ2) is 6.03. The maximum atomic E-state index is 9.43. The summed E-state index contributed by atoms with van der Waals surface area (Å²) >= 11 is 6.06. The summed E-state index contributed by atoms with van der Waals surface area (Å²) in [5.41, 5.74) is 0.438. The summed E-state index contributed by atoms with van der Waals surface area (Å²) in [7, 11) is 0. The molecule has 0 saturated heterocycles. The Morgan fingerprint density at radius 3 is 2.83 bits per heavy atom. The highest BCUT2D eigenvalue weighted by molar-refractivity contribution is 6.34. The fourth-order valence-corrected chi connectivity index (χ4v) is 2.46. The third kappa shape index (κ3) is 3.12. The molecule has 0 bridgehead atoms. The van der Waals surface area contributed by atoms with Gasteiger partial charge in [-0.25, -0.2) is 4.98 Å². The van der Waals surface area contributed by atoms with Crippen molar-refractivity contribution >= 4 is 17.4 Å². The number of aliphatic hydroxyl groups excluding tert-OH is 1. The van der Waals surface area contributed by atoms with Crippen LogP contribution in [0.5, 0.6) is 0 Å². The molecule has 96 valence electrons. The summed E-state index contributed by atoms with van der Waals surface area (Å²) in [6.07, 6.45) is 5.22. The highest BCUT2D eigenvalue weighted by atomic mass is 35.5. The lowest BCUT2D eigenvalue weighted by atomic mass is 9.87. The molecule has 0 aliphatic heterocycles. The first kappa shape index (κ1) is 13.1. The van der Waals surface area contributed by atoms with Crippen LogP contribution in [0.3, 0.4) is 0 Å². The molecule has 4 nitrogen and oxygen atoms in total. The molecule has 1 heterocycles. The standard InChI is InChI=1S/C13H16ClN3O/c14-12-10(7-15)5-6-16-13(12)17-8-9-1-3-11(18)4-2-9/h5-6,9,11,18H,1-4,8H2,(H,16,17). The lowest BCUT2D eigenvalue weighted by Gasteiger charge is -2.25. The summed E-state index contributed by atoms with van der Waals surface area (Å²) in [5, 5.41) is 21.9. The molecule has 1 aromatic heterocycles. The Balaban J connectivity index is 1.93. The molecule has 18 heavy (non-hydrogen) atoms. The summed E-state index contributed by atoms with van der Waals surface area (Å²) < 4.78 is 0. The van der Waals surface area contributed by atoms with Crippen LogP contribution in [0.25, 0.3) is 0 Å². The Morgan fingerprint density at radius 2 is 2.17 bits per heavy atom. The molecule has 0 radical (unpaired) electrons. The zero-order valence-electron chi connectivity index (χ0n) is 10.1. The minimum absolute atomic E-state index is 0.134. The van der Waals surface area contributed by atoms with E-state index in [1.54, 1.807) is 12.3 Å². The molecule has 5 heteroatoms. The number of aliphatic hydroxyl groups is 1. The van der Waals surface area contributed by atoms with E-state index < -0.39 is 0 Å². The predicted octanol–water partition coefficient (Wildman–Crippen LogP) is 2.57. The average Bonchev–Trinajstić information content (AvgIpc) is 2.39. The van der Waals surface area contributed by atoms with E-state index in [0.29, 0.717) is 22.3 Å². The summed E-state index contributed by atoms with van der Waals surface area (Å²) in [5.74, 6) is 1.11. The molecule has 2 rings (SSSR count). The summed E-state index contributed by atoms with van der Waals surface area (Å²) in [4.78, 5) is 4.14. The van der Waals surface area contributed by atoms with Gasteiger partial charge in [-0.2, -0.15) is 5.26 Å². The van der Waals surface area contributed by atoms with E-state index in [0.717, 1.165) is 32.2 Å². The van der Waals surface area contributed by atoms with Gasteiger partial charge in [-0.3, -0.25) is 0 Å². The number of nitrogens with one attached hydrogen (secondary N) is 1. The minimum Gasteiger partial charge on any atom is -0.393 e. The Labute approximate surface area is 112 Å². The monoisotopic (exact) mass is 265 g/mol. The topological polar surface area (TPSA) is 68.9 Å². The van der Waals surface area contributed by atoms with E-state index in [1.807, 2.05) is 6.07 Å².